The monoisotopic (exact) mass is 951 g/mol. The fourth-order valence-electron chi connectivity index (χ4n) is 6.79. The lowest BCUT2D eigenvalue weighted by Crippen LogP contribution is -2.30. The fraction of sp³-hybridized carbons (Fsp3) is 0.571. The molecule has 0 aliphatic carbocycles. The number of hydrogen-bond acceptors (Lipinski definition) is 6. The number of rotatable bonds is 47. The van der Waals surface area contributed by atoms with E-state index >= 15 is 0 Å². The van der Waals surface area contributed by atoms with Gasteiger partial charge in [-0.2, -0.15) is 0 Å². The Kier molecular flexibility index (Phi) is 52.1. The summed E-state index contributed by atoms with van der Waals surface area (Å²) in [6, 6.07) is 0. The third-order valence-electron chi connectivity index (χ3n) is 10.8. The second-order valence-electron chi connectivity index (χ2n) is 17.4. The van der Waals surface area contributed by atoms with Crippen molar-refractivity contribution in [2.75, 3.05) is 13.2 Å². The van der Waals surface area contributed by atoms with Gasteiger partial charge in [-0.05, 0) is 122 Å². The van der Waals surface area contributed by atoms with E-state index < -0.39 is 12.1 Å². The lowest BCUT2D eigenvalue weighted by Gasteiger charge is -2.18. The Bertz CT molecular complexity index is 1560. The third kappa shape index (κ3) is 54.1. The molecule has 0 aliphatic heterocycles. The first kappa shape index (κ1) is 64.3. The highest BCUT2D eigenvalue weighted by atomic mass is 16.6. The molecule has 6 heteroatoms. The lowest BCUT2D eigenvalue weighted by atomic mass is 10.1. The maximum atomic E-state index is 12.8. The van der Waals surface area contributed by atoms with Crippen LogP contribution >= 0.6 is 0 Å². The van der Waals surface area contributed by atoms with Crippen LogP contribution < -0.4 is 0 Å². The first-order chi connectivity index (χ1) is 34.0. The Morgan fingerprint density at radius 2 is 0.609 bits per heavy atom. The molecule has 0 amide bonds. The zero-order chi connectivity index (χ0) is 50.0. The van der Waals surface area contributed by atoms with Gasteiger partial charge in [0.15, 0.2) is 6.10 Å². The van der Waals surface area contributed by atoms with Crippen molar-refractivity contribution in [3.05, 3.63) is 146 Å². The summed E-state index contributed by atoms with van der Waals surface area (Å²) in [5, 5.41) is 0. The van der Waals surface area contributed by atoms with E-state index in [-0.39, 0.29) is 38.0 Å². The van der Waals surface area contributed by atoms with Crippen molar-refractivity contribution in [1.82, 2.24) is 0 Å². The van der Waals surface area contributed by atoms with Crippen molar-refractivity contribution in [2.24, 2.45) is 0 Å². The molecule has 69 heavy (non-hydrogen) atoms. The molecule has 0 radical (unpaired) electrons. The molecule has 0 heterocycles. The number of allylic oxidation sites excluding steroid dienone is 24. The summed E-state index contributed by atoms with van der Waals surface area (Å²) < 4.78 is 16.7. The Balaban J connectivity index is 4.63. The van der Waals surface area contributed by atoms with Gasteiger partial charge in [0.2, 0.25) is 0 Å². The number of carbonyl (C=O) groups is 3. The van der Waals surface area contributed by atoms with Crippen molar-refractivity contribution < 1.29 is 28.6 Å². The molecule has 0 saturated carbocycles. The van der Waals surface area contributed by atoms with Gasteiger partial charge < -0.3 is 14.2 Å². The third-order valence-corrected chi connectivity index (χ3v) is 10.8. The zero-order valence-corrected chi connectivity index (χ0v) is 44.0. The SMILES string of the molecule is CC/C=C\C/C=C\C/C=C\C/C=C\C/C=C\C/C=C\CCC(=O)OCC(COC(=O)CCCCCCCCC/C=C\CCCCCC)OC(=O)CCC/C=C\C/C=C\C/C=C\C/C=C\C/C=C\CC. The van der Waals surface area contributed by atoms with E-state index in [1.807, 2.05) is 12.2 Å². The van der Waals surface area contributed by atoms with Crippen LogP contribution in [0.3, 0.4) is 0 Å². The van der Waals surface area contributed by atoms with Gasteiger partial charge in [-0.25, -0.2) is 0 Å². The molecule has 0 rings (SSSR count). The van der Waals surface area contributed by atoms with Crippen molar-refractivity contribution in [3.8, 4) is 0 Å². The number of carbonyl (C=O) groups excluding carboxylic acids is 3. The predicted octanol–water partition coefficient (Wildman–Crippen LogP) is 18.4. The van der Waals surface area contributed by atoms with Crippen molar-refractivity contribution >= 4 is 17.9 Å². The van der Waals surface area contributed by atoms with Gasteiger partial charge in [-0.15, -0.1) is 0 Å². The second-order valence-corrected chi connectivity index (χ2v) is 17.4. The van der Waals surface area contributed by atoms with Gasteiger partial charge in [0, 0.05) is 19.3 Å². The quantitative estimate of drug-likeness (QED) is 0.0262. The average Bonchev–Trinajstić information content (AvgIpc) is 3.35. The summed E-state index contributed by atoms with van der Waals surface area (Å²) in [6.45, 7) is 6.26. The van der Waals surface area contributed by atoms with Crippen LogP contribution in [0.25, 0.3) is 0 Å². The maximum Gasteiger partial charge on any atom is 0.306 e. The van der Waals surface area contributed by atoms with Crippen LogP contribution in [0, 0.1) is 0 Å². The molecule has 0 fully saturated rings. The first-order valence-corrected chi connectivity index (χ1v) is 27.3. The normalized spacial score (nSPS) is 13.3. The largest absolute Gasteiger partial charge is 0.462 e. The maximum absolute atomic E-state index is 12.8. The summed E-state index contributed by atoms with van der Waals surface area (Å²) in [4.78, 5) is 38.1. The lowest BCUT2D eigenvalue weighted by molar-refractivity contribution is -0.166. The van der Waals surface area contributed by atoms with E-state index in [2.05, 4.69) is 154 Å². The molecule has 0 aromatic rings. The van der Waals surface area contributed by atoms with E-state index in [1.165, 1.54) is 64.2 Å². The highest BCUT2D eigenvalue weighted by molar-refractivity contribution is 5.71. The van der Waals surface area contributed by atoms with Crippen LogP contribution in [0.2, 0.25) is 0 Å². The summed E-state index contributed by atoms with van der Waals surface area (Å²) >= 11 is 0. The van der Waals surface area contributed by atoms with Crippen LogP contribution in [-0.2, 0) is 28.6 Å². The molecule has 0 saturated heterocycles. The van der Waals surface area contributed by atoms with Crippen LogP contribution in [-0.4, -0.2) is 37.2 Å². The van der Waals surface area contributed by atoms with E-state index in [4.69, 9.17) is 14.2 Å². The van der Waals surface area contributed by atoms with Crippen LogP contribution in [0.5, 0.6) is 0 Å². The summed E-state index contributed by atoms with van der Waals surface area (Å²) in [5.74, 6) is -1.09. The average molecular weight is 951 g/mol. The van der Waals surface area contributed by atoms with Gasteiger partial charge in [0.1, 0.15) is 13.2 Å². The minimum absolute atomic E-state index is 0.132. The molecule has 0 bridgehead atoms. The van der Waals surface area contributed by atoms with Gasteiger partial charge in [-0.3, -0.25) is 14.4 Å². The van der Waals surface area contributed by atoms with E-state index in [9.17, 15) is 14.4 Å². The zero-order valence-electron chi connectivity index (χ0n) is 44.0. The van der Waals surface area contributed by atoms with E-state index in [0.29, 0.717) is 19.3 Å². The molecule has 0 aliphatic rings. The summed E-state index contributed by atoms with van der Waals surface area (Å²) in [7, 11) is 0. The van der Waals surface area contributed by atoms with Gasteiger partial charge in [0.05, 0.1) is 0 Å². The van der Waals surface area contributed by atoms with Crippen molar-refractivity contribution in [1.29, 1.82) is 0 Å². The highest BCUT2D eigenvalue weighted by Crippen LogP contribution is 2.12. The second kappa shape index (κ2) is 55.9. The number of esters is 3. The molecule has 0 aromatic heterocycles. The van der Waals surface area contributed by atoms with Crippen LogP contribution in [0.1, 0.15) is 213 Å². The molecule has 6 nitrogen and oxygen atoms in total. The molecule has 0 spiro atoms. The molecular weight excluding hydrogens is 853 g/mol. The van der Waals surface area contributed by atoms with Gasteiger partial charge in [0.25, 0.3) is 0 Å². The summed E-state index contributed by atoms with van der Waals surface area (Å²) in [5.41, 5.74) is 0. The number of hydrogen-bond donors (Lipinski definition) is 0. The molecule has 1 atom stereocenters. The standard InChI is InChI=1S/C63H98O6/c1-4-7-10-13-16-19-22-25-28-30-31-33-35-38-41-44-47-50-53-56-62(65)68-59-60(58-67-61(64)55-52-49-46-43-40-37-34-27-24-21-18-15-12-9-6-3)69-63(66)57-54-51-48-45-42-39-36-32-29-26-23-20-17-14-11-8-5-2/h7-8,10-11,16-17,19-21,24-26,28-29,31,33,36,38-39,41,45,47-48,50,60H,4-6,9,12-15,18,22-23,27,30,32,34-35,37,40,42-44,46,49,51-59H2,1-3H3/b10-7-,11-8-,19-16-,20-17-,24-21-,28-25-,29-26-,33-31-,39-36-,41-38-,48-45-,50-47-. The number of unbranched alkanes of at least 4 members (excludes halogenated alkanes) is 12. The van der Waals surface area contributed by atoms with E-state index in [1.54, 1.807) is 0 Å². The Morgan fingerprint density at radius 1 is 0.304 bits per heavy atom. The van der Waals surface area contributed by atoms with Crippen molar-refractivity contribution in [2.45, 2.75) is 219 Å². The fourth-order valence-corrected chi connectivity index (χ4v) is 6.79. The highest BCUT2D eigenvalue weighted by Gasteiger charge is 2.19. The van der Waals surface area contributed by atoms with Crippen molar-refractivity contribution in [3.63, 3.8) is 0 Å². The van der Waals surface area contributed by atoms with Crippen LogP contribution in [0.4, 0.5) is 0 Å². The van der Waals surface area contributed by atoms with Gasteiger partial charge >= 0.3 is 17.9 Å². The van der Waals surface area contributed by atoms with Crippen LogP contribution in [0.15, 0.2) is 146 Å². The summed E-state index contributed by atoms with van der Waals surface area (Å²) in [6.07, 6.45) is 79.9. The van der Waals surface area contributed by atoms with Gasteiger partial charge in [-0.1, -0.05) is 218 Å². The topological polar surface area (TPSA) is 78.9 Å². The Morgan fingerprint density at radius 3 is 1.03 bits per heavy atom. The molecule has 0 N–H and O–H groups in total. The molecular formula is C63H98O6. The molecule has 386 valence electrons. The first-order valence-electron chi connectivity index (χ1n) is 27.3. The Labute approximate surface area is 423 Å². The number of ether oxygens (including phenoxy) is 3. The molecule has 1 unspecified atom stereocenters. The Hall–Kier alpha value is -4.71. The predicted molar refractivity (Wildman–Crippen MR) is 297 cm³/mol. The minimum Gasteiger partial charge on any atom is -0.462 e. The minimum atomic E-state index is -0.846. The smallest absolute Gasteiger partial charge is 0.306 e. The van der Waals surface area contributed by atoms with E-state index in [0.717, 1.165) is 96.3 Å². The molecule has 0 aromatic carbocycles.